The van der Waals surface area contributed by atoms with Crippen LogP contribution in [0.2, 0.25) is 0 Å². The zero-order valence-electron chi connectivity index (χ0n) is 13.1. The maximum Gasteiger partial charge on any atom is 0.335 e. The van der Waals surface area contributed by atoms with Crippen molar-refractivity contribution in [3.63, 3.8) is 0 Å². The van der Waals surface area contributed by atoms with Gasteiger partial charge in [0.1, 0.15) is 0 Å². The van der Waals surface area contributed by atoms with Crippen molar-refractivity contribution in [2.24, 2.45) is 10.2 Å². The Balaban J connectivity index is 2.35. The van der Waals surface area contributed by atoms with Crippen molar-refractivity contribution in [2.75, 3.05) is 6.26 Å². The molecule has 0 radical (unpaired) electrons. The molecule has 7 heteroatoms. The van der Waals surface area contributed by atoms with Crippen LogP contribution in [0.1, 0.15) is 38.5 Å². The Morgan fingerprint density at radius 3 is 2.08 bits per heavy atom. The summed E-state index contributed by atoms with van der Waals surface area (Å²) in [6.45, 7) is 2.08. The van der Waals surface area contributed by atoms with Crippen molar-refractivity contribution in [1.82, 2.24) is 0 Å². The summed E-state index contributed by atoms with van der Waals surface area (Å²) >= 11 is 1.71. The van der Waals surface area contributed by atoms with E-state index in [0.29, 0.717) is 10.9 Å². The topological polar surface area (TPSA) is 99.3 Å². The van der Waals surface area contributed by atoms with E-state index in [0.717, 1.165) is 11.6 Å². The third-order valence-electron chi connectivity index (χ3n) is 3.39. The van der Waals surface area contributed by atoms with Crippen molar-refractivity contribution in [3.05, 3.63) is 59.2 Å². The number of aromatic carboxylic acids is 2. The molecule has 2 rings (SSSR count). The van der Waals surface area contributed by atoms with Crippen LogP contribution < -0.4 is 0 Å². The Hall–Kier alpha value is -2.67. The average Bonchev–Trinajstić information content (AvgIpc) is 2.59. The van der Waals surface area contributed by atoms with Crippen molar-refractivity contribution in [1.29, 1.82) is 0 Å². The molecule has 0 aliphatic heterocycles. The van der Waals surface area contributed by atoms with Crippen LogP contribution in [0, 0.1) is 0 Å². The number of azo groups is 1. The van der Waals surface area contributed by atoms with E-state index in [-0.39, 0.29) is 16.8 Å². The molecular weight excluding hydrogens is 328 g/mol. The van der Waals surface area contributed by atoms with Gasteiger partial charge in [-0.3, -0.25) is 0 Å². The zero-order chi connectivity index (χ0) is 17.7. The monoisotopic (exact) mass is 344 g/mol. The first-order chi connectivity index (χ1) is 11.4. The van der Waals surface area contributed by atoms with Gasteiger partial charge in [0.25, 0.3) is 0 Å². The van der Waals surface area contributed by atoms with Crippen LogP contribution in [-0.2, 0) is 0 Å². The van der Waals surface area contributed by atoms with Gasteiger partial charge in [0, 0.05) is 5.25 Å². The van der Waals surface area contributed by atoms with Crippen molar-refractivity contribution >= 4 is 35.1 Å². The highest BCUT2D eigenvalue weighted by molar-refractivity contribution is 7.98. The fourth-order valence-electron chi connectivity index (χ4n) is 2.01. The molecule has 1 unspecified atom stereocenters. The lowest BCUT2D eigenvalue weighted by molar-refractivity contribution is 0.0696. The van der Waals surface area contributed by atoms with E-state index in [2.05, 4.69) is 17.2 Å². The van der Waals surface area contributed by atoms with Crippen molar-refractivity contribution in [3.8, 4) is 0 Å². The lowest BCUT2D eigenvalue weighted by atomic mass is 10.1. The maximum absolute atomic E-state index is 11.1. The fraction of sp³-hybridized carbons (Fsp3) is 0.176. The highest BCUT2D eigenvalue weighted by Gasteiger charge is 2.11. The second-order valence-electron chi connectivity index (χ2n) is 5.05. The standard InChI is InChI=1S/C17H16N2O4S/c1-10(24-2)11-4-3-5-14(7-11)18-19-15-8-12(16(20)21)6-13(9-15)17(22)23/h3-10H,1-2H3,(H,20,21)(H,22,23). The van der Waals surface area contributed by atoms with E-state index < -0.39 is 11.9 Å². The van der Waals surface area contributed by atoms with Gasteiger partial charge in [-0.2, -0.15) is 22.0 Å². The van der Waals surface area contributed by atoms with Gasteiger partial charge in [-0.15, -0.1) is 0 Å². The van der Waals surface area contributed by atoms with Crippen molar-refractivity contribution in [2.45, 2.75) is 12.2 Å². The maximum atomic E-state index is 11.1. The molecule has 2 aromatic rings. The molecule has 2 aromatic carbocycles. The molecule has 0 bridgehead atoms. The first-order valence-corrected chi connectivity index (χ1v) is 8.35. The molecule has 6 nitrogen and oxygen atoms in total. The van der Waals surface area contributed by atoms with Gasteiger partial charge >= 0.3 is 11.9 Å². The molecule has 1 atom stereocenters. The molecular formula is C17H16N2O4S. The molecule has 0 fully saturated rings. The Morgan fingerprint density at radius 1 is 0.958 bits per heavy atom. The first kappa shape index (κ1) is 17.7. The zero-order valence-corrected chi connectivity index (χ0v) is 13.9. The van der Waals surface area contributed by atoms with Crippen LogP contribution in [0.15, 0.2) is 52.7 Å². The molecule has 24 heavy (non-hydrogen) atoms. The van der Waals surface area contributed by atoms with E-state index >= 15 is 0 Å². The lowest BCUT2D eigenvalue weighted by Gasteiger charge is -2.08. The third kappa shape index (κ3) is 4.42. The number of hydrogen-bond acceptors (Lipinski definition) is 5. The Bertz CT molecular complexity index is 773. The lowest BCUT2D eigenvalue weighted by Crippen LogP contribution is -2.01. The number of nitrogens with zero attached hydrogens (tertiary/aromatic N) is 2. The fourth-order valence-corrected chi connectivity index (χ4v) is 2.43. The van der Waals surface area contributed by atoms with Crippen LogP contribution >= 0.6 is 11.8 Å². The molecule has 124 valence electrons. The summed E-state index contributed by atoms with van der Waals surface area (Å²) in [5.74, 6) is -2.43. The van der Waals surface area contributed by atoms with Gasteiger partial charge in [0.05, 0.1) is 22.5 Å². The predicted molar refractivity (Wildman–Crippen MR) is 92.9 cm³/mol. The Morgan fingerprint density at radius 2 is 1.54 bits per heavy atom. The second kappa shape index (κ2) is 7.74. The third-order valence-corrected chi connectivity index (χ3v) is 4.37. The first-order valence-electron chi connectivity index (χ1n) is 7.07. The molecule has 0 aromatic heterocycles. The van der Waals surface area contributed by atoms with Gasteiger partial charge in [-0.25, -0.2) is 9.59 Å². The number of carboxylic acids is 2. The van der Waals surface area contributed by atoms with Crippen molar-refractivity contribution < 1.29 is 19.8 Å². The number of rotatable bonds is 6. The minimum Gasteiger partial charge on any atom is -0.478 e. The van der Waals surface area contributed by atoms with Crippen LogP contribution in [0.4, 0.5) is 11.4 Å². The van der Waals surface area contributed by atoms with Gasteiger partial charge in [-0.05, 0) is 49.1 Å². The summed E-state index contributed by atoms with van der Waals surface area (Å²) in [5, 5.41) is 26.5. The Labute approximate surface area is 143 Å². The highest BCUT2D eigenvalue weighted by atomic mass is 32.2. The van der Waals surface area contributed by atoms with E-state index in [9.17, 15) is 9.59 Å². The molecule has 0 aliphatic rings. The Kier molecular flexibility index (Phi) is 5.70. The SMILES string of the molecule is CSC(C)c1cccc(N=Nc2cc(C(=O)O)cc(C(=O)O)c2)c1. The molecule has 0 spiro atoms. The quantitative estimate of drug-likeness (QED) is 0.724. The molecule has 0 heterocycles. The average molecular weight is 344 g/mol. The molecule has 2 N–H and O–H groups in total. The minimum atomic E-state index is -1.22. The van der Waals surface area contributed by atoms with Gasteiger partial charge in [0.15, 0.2) is 0 Å². The number of carboxylic acid groups (broad SMARTS) is 2. The molecule has 0 amide bonds. The van der Waals surface area contributed by atoms with Crippen LogP contribution in [0.25, 0.3) is 0 Å². The van der Waals surface area contributed by atoms with Gasteiger partial charge in [0.2, 0.25) is 0 Å². The highest BCUT2D eigenvalue weighted by Crippen LogP contribution is 2.29. The number of hydrogen-bond donors (Lipinski definition) is 2. The summed E-state index contributed by atoms with van der Waals surface area (Å²) in [6.07, 6.45) is 2.02. The minimum absolute atomic E-state index is 0.145. The second-order valence-corrected chi connectivity index (χ2v) is 6.23. The summed E-state index contributed by atoms with van der Waals surface area (Å²) in [7, 11) is 0. The van der Waals surface area contributed by atoms with E-state index in [1.54, 1.807) is 17.8 Å². The van der Waals surface area contributed by atoms with Crippen LogP contribution in [0.5, 0.6) is 0 Å². The largest absolute Gasteiger partial charge is 0.478 e. The molecule has 0 saturated heterocycles. The summed E-state index contributed by atoms with van der Waals surface area (Å²) < 4.78 is 0. The summed E-state index contributed by atoms with van der Waals surface area (Å²) in [5.41, 5.74) is 1.60. The smallest absolute Gasteiger partial charge is 0.335 e. The number of thioether (sulfide) groups is 1. The normalized spacial score (nSPS) is 12.2. The van der Waals surface area contributed by atoms with Crippen LogP contribution in [0.3, 0.4) is 0 Å². The van der Waals surface area contributed by atoms with Gasteiger partial charge < -0.3 is 10.2 Å². The summed E-state index contributed by atoms with van der Waals surface area (Å²) in [4.78, 5) is 22.2. The van der Waals surface area contributed by atoms with E-state index in [4.69, 9.17) is 10.2 Å². The predicted octanol–water partition coefficient (Wildman–Crippen LogP) is 4.92. The molecule has 0 aliphatic carbocycles. The van der Waals surface area contributed by atoms with E-state index in [1.165, 1.54) is 12.1 Å². The van der Waals surface area contributed by atoms with E-state index in [1.807, 2.05) is 24.5 Å². The number of benzene rings is 2. The van der Waals surface area contributed by atoms with Gasteiger partial charge in [-0.1, -0.05) is 12.1 Å². The molecule has 0 saturated carbocycles. The number of carbonyl (C=O) groups is 2. The summed E-state index contributed by atoms with van der Waals surface area (Å²) in [6, 6.07) is 11.2. The van der Waals surface area contributed by atoms with Crippen LogP contribution in [-0.4, -0.2) is 28.4 Å².